The second-order valence-corrected chi connectivity index (χ2v) is 26.6. The molecule has 0 N–H and O–H groups in total. The maximum atomic E-state index is 16.3. The van der Waals surface area contributed by atoms with Gasteiger partial charge in [-0.05, 0) is 208 Å². The predicted molar refractivity (Wildman–Crippen MR) is 391 cm³/mol. The van der Waals surface area contributed by atoms with Gasteiger partial charge in [0.2, 0.25) is 0 Å². The van der Waals surface area contributed by atoms with Crippen molar-refractivity contribution in [2.24, 2.45) is 0 Å². The summed E-state index contributed by atoms with van der Waals surface area (Å²) in [7, 11) is 0. The highest BCUT2D eigenvalue weighted by Gasteiger charge is 2.41. The molecule has 0 atom stereocenters. The van der Waals surface area contributed by atoms with Crippen molar-refractivity contribution in [1.29, 1.82) is 5.26 Å². The van der Waals surface area contributed by atoms with E-state index in [1.54, 1.807) is 22.8 Å². The number of hydrogen-bond donors (Lipinski definition) is 0. The molecule has 12 aromatic carbocycles. The Morgan fingerprint density at radius 1 is 0.304 bits per heavy atom. The van der Waals surface area contributed by atoms with Crippen LogP contribution >= 0.6 is 0 Å². The summed E-state index contributed by atoms with van der Waals surface area (Å²) in [6, 6.07) is 62.3. The summed E-state index contributed by atoms with van der Waals surface area (Å²) in [4.78, 5) is 6.68. The second-order valence-electron chi connectivity index (χ2n) is 26.6. The summed E-state index contributed by atoms with van der Waals surface area (Å²) in [5.74, 6) is 0. The number of fused-ring (bicyclic) bond motifs is 12. The molecule has 0 bridgehead atoms. The van der Waals surface area contributed by atoms with Crippen molar-refractivity contribution in [1.82, 2.24) is 18.3 Å². The summed E-state index contributed by atoms with van der Waals surface area (Å²) in [5, 5.41) is 18.2. The molecule has 0 unspecified atom stereocenters. The second kappa shape index (κ2) is 24.0. The minimum atomic E-state index is -5.00. The minimum absolute atomic E-state index is 0.0954. The SMILES string of the molecule is [C-]#[N+]c1cc(-c2ccc(-n3c4cc(C)ccc4c4ccc(C)cc43)c(C#N)c2-n2c3cc(C)ccc3c3ccc(C)cc32)cc(C(F)(F)F)c1.[C-]#[N+]c1cc(-c2ccc(-n3c4cc(C)ccc4c4ccc(C)cc43)c(C(F)(F)F)c2-n2c3cc(C)ccc3c3ccc(C)cc32)cc(C(F)(F)F)c1. The van der Waals surface area contributed by atoms with Gasteiger partial charge >= 0.3 is 18.5 Å². The van der Waals surface area contributed by atoms with Crippen LogP contribution in [0.2, 0.25) is 0 Å². The Balaban J connectivity index is 0.000000165. The molecule has 16 rings (SSSR count). The monoisotopic (exact) mass is 1360 g/mol. The predicted octanol–water partition coefficient (Wildman–Crippen LogP) is 25.6. The van der Waals surface area contributed by atoms with Crippen LogP contribution in [0.1, 0.15) is 66.8 Å². The van der Waals surface area contributed by atoms with Crippen molar-refractivity contribution in [3.8, 4) is 51.1 Å². The van der Waals surface area contributed by atoms with Gasteiger partial charge in [0.05, 0.1) is 80.0 Å². The summed E-state index contributed by atoms with van der Waals surface area (Å²) in [6.07, 6.45) is -14.5. The number of aromatic nitrogens is 4. The Bertz CT molecular complexity index is 6180. The first-order valence-electron chi connectivity index (χ1n) is 32.7. The quantitative estimate of drug-likeness (QED) is 0.121. The average Bonchev–Trinajstić information content (AvgIpc) is 1.49. The molecule has 0 aliphatic heterocycles. The molecule has 0 aliphatic carbocycles. The van der Waals surface area contributed by atoms with Crippen molar-refractivity contribution in [3.05, 3.63) is 296 Å². The fraction of sp³-hybridized carbons (Fsp3) is 0.128. The fourth-order valence-electron chi connectivity index (χ4n) is 14.8. The van der Waals surface area contributed by atoms with E-state index in [-0.39, 0.29) is 39.4 Å². The Hall–Kier alpha value is -12.3. The normalized spacial score (nSPS) is 12.1. The van der Waals surface area contributed by atoms with Crippen LogP contribution < -0.4 is 0 Å². The molecule has 0 aliphatic rings. The molecule has 102 heavy (non-hydrogen) atoms. The topological polar surface area (TPSA) is 52.2 Å². The van der Waals surface area contributed by atoms with E-state index < -0.39 is 35.2 Å². The van der Waals surface area contributed by atoms with E-state index in [0.717, 1.165) is 117 Å². The first kappa shape index (κ1) is 65.6. The molecule has 16 heteroatoms. The van der Waals surface area contributed by atoms with Crippen LogP contribution in [0.3, 0.4) is 0 Å². The van der Waals surface area contributed by atoms with E-state index >= 15 is 13.2 Å². The van der Waals surface area contributed by atoms with E-state index in [1.807, 2.05) is 163 Å². The Morgan fingerprint density at radius 3 is 0.843 bits per heavy atom. The maximum Gasteiger partial charge on any atom is 0.420 e. The molecule has 4 aromatic heterocycles. The van der Waals surface area contributed by atoms with Gasteiger partial charge in [-0.2, -0.15) is 44.8 Å². The van der Waals surface area contributed by atoms with Crippen LogP contribution in [0.5, 0.6) is 0 Å². The van der Waals surface area contributed by atoms with Gasteiger partial charge in [-0.1, -0.05) is 109 Å². The number of aryl methyl sites for hydroxylation is 8. The average molecular weight is 1360 g/mol. The Kier molecular flexibility index (Phi) is 15.4. The van der Waals surface area contributed by atoms with Gasteiger partial charge in [-0.15, -0.1) is 0 Å². The number of hydrogen-bond acceptors (Lipinski definition) is 1. The van der Waals surface area contributed by atoms with Gasteiger partial charge in [-0.3, -0.25) is 0 Å². The summed E-state index contributed by atoms with van der Waals surface area (Å²) in [5.41, 5.74) is 10.6. The van der Waals surface area contributed by atoms with E-state index in [0.29, 0.717) is 61.4 Å². The van der Waals surface area contributed by atoms with Gasteiger partial charge in [0.15, 0.2) is 11.4 Å². The fourth-order valence-corrected chi connectivity index (χ4v) is 14.8. The Labute approximate surface area is 579 Å². The summed E-state index contributed by atoms with van der Waals surface area (Å²) >= 11 is 0. The number of nitrogens with zero attached hydrogens (tertiary/aromatic N) is 7. The van der Waals surface area contributed by atoms with E-state index in [4.69, 9.17) is 13.1 Å². The first-order valence-corrected chi connectivity index (χ1v) is 32.7. The molecule has 0 amide bonds. The van der Waals surface area contributed by atoms with Crippen molar-refractivity contribution in [2.45, 2.75) is 73.9 Å². The lowest BCUT2D eigenvalue weighted by atomic mass is 9.95. The first-order chi connectivity index (χ1) is 48.6. The van der Waals surface area contributed by atoms with Crippen molar-refractivity contribution in [2.75, 3.05) is 0 Å². The van der Waals surface area contributed by atoms with Crippen LogP contribution in [-0.4, -0.2) is 18.3 Å². The van der Waals surface area contributed by atoms with Crippen LogP contribution in [0.15, 0.2) is 206 Å². The van der Waals surface area contributed by atoms with E-state index in [1.165, 1.54) is 28.8 Å². The largest absolute Gasteiger partial charge is 0.420 e. The van der Waals surface area contributed by atoms with E-state index in [2.05, 4.69) is 56.7 Å². The molecule has 0 saturated carbocycles. The lowest BCUT2D eigenvalue weighted by Crippen LogP contribution is -2.17. The third kappa shape index (κ3) is 10.9. The van der Waals surface area contributed by atoms with Gasteiger partial charge in [0.25, 0.3) is 0 Å². The van der Waals surface area contributed by atoms with Crippen LogP contribution in [0.25, 0.3) is 142 Å². The standard InChI is InChI=1S/C43H29F6N3.C43H29F3N4/c1-23-6-10-31-32-11-7-24(2)17-37(32)51(36(31)16-23)35-15-14-30(27-20-28(42(44,45)46)22-29(21-27)50-5)41(40(35)43(47,48)49)52-38-18-25(3)8-12-33(38)34-13-9-26(4)19-39(34)52;1-24-6-10-32-33-11-7-25(2)17-39(33)49(38(32)16-24)37-15-14-31(28-20-29(43(44,45)46)22-30(21-28)48-5)42(36(37)23-47)50-40-18-26(3)8-12-34(40)35-13-9-27(4)19-41(35)50/h6-22H,1-4H3;6-22H,1-4H3. The van der Waals surface area contributed by atoms with Crippen LogP contribution in [-0.2, 0) is 18.5 Å². The number of rotatable bonds is 6. The molecular weight excluding hydrogens is 1300 g/mol. The molecular formula is C86H58F9N7. The molecule has 0 saturated heterocycles. The molecule has 7 nitrogen and oxygen atoms in total. The summed E-state index contributed by atoms with van der Waals surface area (Å²) < 4.78 is 142. The lowest BCUT2D eigenvalue weighted by molar-refractivity contribution is -0.138. The third-order valence-corrected chi connectivity index (χ3v) is 19.3. The van der Waals surface area contributed by atoms with Crippen molar-refractivity contribution < 1.29 is 39.5 Å². The van der Waals surface area contributed by atoms with Crippen LogP contribution in [0.4, 0.5) is 50.9 Å². The lowest BCUT2D eigenvalue weighted by Gasteiger charge is -2.25. The van der Waals surface area contributed by atoms with Crippen molar-refractivity contribution >= 4 is 98.6 Å². The summed E-state index contributed by atoms with van der Waals surface area (Å²) in [6.45, 7) is 30.7. The highest BCUT2D eigenvalue weighted by Crippen LogP contribution is 2.51. The highest BCUT2D eigenvalue weighted by molar-refractivity contribution is 6.14. The molecule has 4 heterocycles. The molecule has 0 fully saturated rings. The highest BCUT2D eigenvalue weighted by atomic mass is 19.4. The van der Waals surface area contributed by atoms with Gasteiger partial charge in [0, 0.05) is 65.3 Å². The minimum Gasteiger partial charge on any atom is -0.309 e. The zero-order valence-electron chi connectivity index (χ0n) is 56.2. The molecule has 500 valence electrons. The zero-order chi connectivity index (χ0) is 71.9. The van der Waals surface area contributed by atoms with E-state index in [9.17, 15) is 31.6 Å². The number of benzene rings is 12. The Morgan fingerprint density at radius 2 is 0.569 bits per heavy atom. The zero-order valence-corrected chi connectivity index (χ0v) is 56.2. The molecule has 16 aromatic rings. The third-order valence-electron chi connectivity index (χ3n) is 19.3. The smallest absolute Gasteiger partial charge is 0.309 e. The van der Waals surface area contributed by atoms with Crippen LogP contribution in [0, 0.1) is 79.9 Å². The molecule has 0 spiro atoms. The van der Waals surface area contributed by atoms with Gasteiger partial charge in [0.1, 0.15) is 17.2 Å². The number of nitriles is 1. The maximum absolute atomic E-state index is 16.3. The number of halogens is 9. The number of alkyl halides is 9. The van der Waals surface area contributed by atoms with Gasteiger partial charge in [-0.25, -0.2) is 9.69 Å². The van der Waals surface area contributed by atoms with Crippen molar-refractivity contribution in [3.63, 3.8) is 0 Å². The van der Waals surface area contributed by atoms with Gasteiger partial charge < -0.3 is 18.3 Å². The molecule has 0 radical (unpaired) electrons.